The van der Waals surface area contributed by atoms with Gasteiger partial charge in [0, 0.05) is 24.0 Å². The number of rotatable bonds is 5. The smallest absolute Gasteiger partial charge is 0.237 e. The molecule has 2 aromatic rings. The summed E-state index contributed by atoms with van der Waals surface area (Å²) in [5.41, 5.74) is 1.15. The number of carbonyl (C=O) groups excluding carboxylic acids is 1. The first-order chi connectivity index (χ1) is 12.3. The molecule has 0 spiro atoms. The van der Waals surface area contributed by atoms with Crippen molar-refractivity contribution in [2.45, 2.75) is 25.5 Å². The normalized spacial score (nSPS) is 18.1. The number of halogens is 1. The van der Waals surface area contributed by atoms with Gasteiger partial charge in [0.05, 0.1) is 11.4 Å². The number of hydrogen-bond donors (Lipinski definition) is 0. The van der Waals surface area contributed by atoms with Crippen LogP contribution in [0.3, 0.4) is 0 Å². The molecule has 1 amide bonds. The third kappa shape index (κ3) is 4.88. The molecule has 1 fully saturated rings. The molecule has 1 aliphatic heterocycles. The number of hydrogen-bond acceptors (Lipinski definition) is 5. The molecular weight excluding hydrogens is 375 g/mol. The van der Waals surface area contributed by atoms with E-state index in [0.717, 1.165) is 18.4 Å². The van der Waals surface area contributed by atoms with Crippen LogP contribution in [-0.4, -0.2) is 43.1 Å². The Labute approximate surface area is 156 Å². The van der Waals surface area contributed by atoms with Gasteiger partial charge in [-0.05, 0) is 43.0 Å². The highest BCUT2D eigenvalue weighted by Crippen LogP contribution is 2.25. The molecule has 1 aromatic heterocycles. The summed E-state index contributed by atoms with van der Waals surface area (Å²) in [4.78, 5) is 18.3. The Morgan fingerprint density at radius 1 is 1.35 bits per heavy atom. The van der Waals surface area contributed by atoms with Crippen molar-refractivity contribution in [2.24, 2.45) is 5.92 Å². The SMILES string of the molecule is C[C@H]1CCCN(C(=O)CS(=O)(=O)Cc2csc(-c3ccc(F)cc3)n2)C1. The number of likely N-dealkylation sites (tertiary alicyclic amines) is 1. The fourth-order valence-corrected chi connectivity index (χ4v) is 5.26. The van der Waals surface area contributed by atoms with E-state index < -0.39 is 15.6 Å². The van der Waals surface area contributed by atoms with Crippen LogP contribution >= 0.6 is 11.3 Å². The van der Waals surface area contributed by atoms with E-state index in [4.69, 9.17) is 0 Å². The van der Waals surface area contributed by atoms with Crippen molar-refractivity contribution >= 4 is 27.1 Å². The van der Waals surface area contributed by atoms with Crippen LogP contribution in [0.15, 0.2) is 29.6 Å². The molecule has 0 bridgehead atoms. The van der Waals surface area contributed by atoms with Crippen molar-refractivity contribution in [1.29, 1.82) is 0 Å². The number of aromatic nitrogens is 1. The Morgan fingerprint density at radius 3 is 2.77 bits per heavy atom. The van der Waals surface area contributed by atoms with E-state index in [1.165, 1.54) is 23.5 Å². The zero-order valence-corrected chi connectivity index (χ0v) is 16.2. The lowest BCUT2D eigenvalue weighted by Crippen LogP contribution is -2.42. The fourth-order valence-electron chi connectivity index (χ4n) is 3.07. The van der Waals surface area contributed by atoms with Gasteiger partial charge in [0.15, 0.2) is 9.84 Å². The number of piperidine rings is 1. The largest absolute Gasteiger partial charge is 0.342 e. The Balaban J connectivity index is 1.64. The molecule has 3 rings (SSSR count). The van der Waals surface area contributed by atoms with Crippen molar-refractivity contribution in [3.63, 3.8) is 0 Å². The summed E-state index contributed by atoms with van der Waals surface area (Å²) in [6.45, 7) is 3.32. The number of amides is 1. The van der Waals surface area contributed by atoms with E-state index in [2.05, 4.69) is 11.9 Å². The third-order valence-corrected chi connectivity index (χ3v) is 6.73. The zero-order valence-electron chi connectivity index (χ0n) is 14.5. The second-order valence-corrected chi connectivity index (χ2v) is 9.69. The Kier molecular flexibility index (Phi) is 5.72. The predicted octanol–water partition coefficient (Wildman–Crippen LogP) is 3.12. The van der Waals surface area contributed by atoms with Crippen LogP contribution in [0.25, 0.3) is 10.6 Å². The monoisotopic (exact) mass is 396 g/mol. The lowest BCUT2D eigenvalue weighted by Gasteiger charge is -2.30. The van der Waals surface area contributed by atoms with Crippen LogP contribution in [0, 0.1) is 11.7 Å². The molecule has 1 aromatic carbocycles. The second-order valence-electron chi connectivity index (χ2n) is 6.77. The molecule has 0 unspecified atom stereocenters. The van der Waals surface area contributed by atoms with Gasteiger partial charge < -0.3 is 4.90 Å². The number of thiazole rings is 1. The van der Waals surface area contributed by atoms with E-state index in [-0.39, 0.29) is 17.5 Å². The van der Waals surface area contributed by atoms with Crippen LogP contribution in [-0.2, 0) is 20.4 Å². The molecule has 0 saturated carbocycles. The first kappa shape index (κ1) is 19.0. The molecule has 0 N–H and O–H groups in total. The van der Waals surface area contributed by atoms with Crippen molar-refractivity contribution in [2.75, 3.05) is 18.8 Å². The standard InChI is InChI=1S/C18H21FN2O3S2/c1-13-3-2-8-21(9-13)17(22)12-26(23,24)11-16-10-25-18(20-16)14-4-6-15(19)7-5-14/h4-7,10,13H,2-3,8-9,11-12H2,1H3/t13-/m0/s1. The first-order valence-corrected chi connectivity index (χ1v) is 11.2. The van der Waals surface area contributed by atoms with Gasteiger partial charge >= 0.3 is 0 Å². The van der Waals surface area contributed by atoms with Gasteiger partial charge in [-0.2, -0.15) is 0 Å². The Morgan fingerprint density at radius 2 is 2.08 bits per heavy atom. The van der Waals surface area contributed by atoms with E-state index in [1.807, 2.05) is 0 Å². The molecule has 5 nitrogen and oxygen atoms in total. The van der Waals surface area contributed by atoms with E-state index in [9.17, 15) is 17.6 Å². The van der Waals surface area contributed by atoms with E-state index in [1.54, 1.807) is 22.4 Å². The molecular formula is C18H21FN2O3S2. The maximum atomic E-state index is 13.0. The number of nitrogens with zero attached hydrogens (tertiary/aromatic N) is 2. The highest BCUT2D eigenvalue weighted by molar-refractivity contribution is 7.91. The number of carbonyl (C=O) groups is 1. The van der Waals surface area contributed by atoms with E-state index >= 15 is 0 Å². The highest BCUT2D eigenvalue weighted by atomic mass is 32.2. The van der Waals surface area contributed by atoms with Gasteiger partial charge in [-0.1, -0.05) is 6.92 Å². The molecule has 1 aliphatic rings. The molecule has 2 heterocycles. The summed E-state index contributed by atoms with van der Waals surface area (Å²) in [5.74, 6) is -1.00. The summed E-state index contributed by atoms with van der Waals surface area (Å²) >= 11 is 1.30. The molecule has 8 heteroatoms. The molecule has 0 radical (unpaired) electrons. The number of benzene rings is 1. The summed E-state index contributed by atoms with van der Waals surface area (Å²) in [6, 6.07) is 5.89. The summed E-state index contributed by atoms with van der Waals surface area (Å²) < 4.78 is 37.8. The molecule has 26 heavy (non-hydrogen) atoms. The summed E-state index contributed by atoms with van der Waals surface area (Å²) in [6.07, 6.45) is 1.99. The molecule has 0 aliphatic carbocycles. The topological polar surface area (TPSA) is 67.3 Å². The van der Waals surface area contributed by atoms with Gasteiger partial charge in [-0.25, -0.2) is 17.8 Å². The third-order valence-electron chi connectivity index (χ3n) is 4.36. The molecule has 1 atom stereocenters. The number of sulfone groups is 1. The van der Waals surface area contributed by atoms with Gasteiger partial charge in [0.1, 0.15) is 16.6 Å². The highest BCUT2D eigenvalue weighted by Gasteiger charge is 2.26. The van der Waals surface area contributed by atoms with Crippen molar-refractivity contribution in [1.82, 2.24) is 9.88 Å². The van der Waals surface area contributed by atoms with Crippen molar-refractivity contribution in [3.05, 3.63) is 41.2 Å². The minimum absolute atomic E-state index is 0.264. The maximum absolute atomic E-state index is 13.0. The lowest BCUT2D eigenvalue weighted by molar-refractivity contribution is -0.130. The Bertz CT molecular complexity index is 878. The average Bonchev–Trinajstić information content (AvgIpc) is 3.02. The predicted molar refractivity (Wildman–Crippen MR) is 100.0 cm³/mol. The maximum Gasteiger partial charge on any atom is 0.237 e. The van der Waals surface area contributed by atoms with Crippen LogP contribution in [0.4, 0.5) is 4.39 Å². The molecule has 140 valence electrons. The Hall–Kier alpha value is -1.80. The summed E-state index contributed by atoms with van der Waals surface area (Å²) in [5, 5.41) is 2.30. The van der Waals surface area contributed by atoms with Gasteiger partial charge in [-0.3, -0.25) is 4.79 Å². The average molecular weight is 397 g/mol. The summed E-state index contributed by atoms with van der Waals surface area (Å²) in [7, 11) is -3.58. The molecule has 1 saturated heterocycles. The van der Waals surface area contributed by atoms with Crippen LogP contribution in [0.5, 0.6) is 0 Å². The van der Waals surface area contributed by atoms with Gasteiger partial charge in [0.25, 0.3) is 0 Å². The lowest BCUT2D eigenvalue weighted by atomic mass is 10.0. The zero-order chi connectivity index (χ0) is 18.7. The fraction of sp³-hybridized carbons (Fsp3) is 0.444. The van der Waals surface area contributed by atoms with Gasteiger partial charge in [0.2, 0.25) is 5.91 Å². The second kappa shape index (κ2) is 7.84. The van der Waals surface area contributed by atoms with E-state index in [0.29, 0.717) is 29.7 Å². The first-order valence-electron chi connectivity index (χ1n) is 8.51. The minimum atomic E-state index is -3.58. The van der Waals surface area contributed by atoms with Crippen LogP contribution < -0.4 is 0 Å². The van der Waals surface area contributed by atoms with Gasteiger partial charge in [-0.15, -0.1) is 11.3 Å². The van der Waals surface area contributed by atoms with Crippen molar-refractivity contribution in [3.8, 4) is 10.6 Å². The minimum Gasteiger partial charge on any atom is -0.342 e. The quantitative estimate of drug-likeness (QED) is 0.779. The van der Waals surface area contributed by atoms with Crippen LogP contribution in [0.2, 0.25) is 0 Å². The van der Waals surface area contributed by atoms with Crippen LogP contribution in [0.1, 0.15) is 25.5 Å². The van der Waals surface area contributed by atoms with Crippen molar-refractivity contribution < 1.29 is 17.6 Å².